The number of rotatable bonds is 9. The number of benzene rings is 1. The minimum Gasteiger partial charge on any atom is -0.382 e. The summed E-state index contributed by atoms with van der Waals surface area (Å²) in [5.74, 6) is 2.61. The Balaban J connectivity index is 0.00000312. The predicted molar refractivity (Wildman–Crippen MR) is 116 cm³/mol. The summed E-state index contributed by atoms with van der Waals surface area (Å²) in [6, 6.07) is 10.5. The molecule has 0 bridgehead atoms. The normalized spacial score (nSPS) is 17.4. The van der Waals surface area contributed by atoms with Crippen molar-refractivity contribution in [1.82, 2.24) is 10.2 Å². The summed E-state index contributed by atoms with van der Waals surface area (Å²) in [5.41, 5.74) is 0. The van der Waals surface area contributed by atoms with E-state index in [0.29, 0.717) is 19.1 Å². The van der Waals surface area contributed by atoms with E-state index in [1.165, 1.54) is 4.90 Å². The van der Waals surface area contributed by atoms with Crippen molar-refractivity contribution in [3.63, 3.8) is 0 Å². The molecule has 1 saturated heterocycles. The summed E-state index contributed by atoms with van der Waals surface area (Å²) in [6.07, 6.45) is 1.16. The minimum atomic E-state index is 0. The minimum absolute atomic E-state index is 0. The van der Waals surface area contributed by atoms with Crippen molar-refractivity contribution in [2.45, 2.75) is 11.3 Å². The Kier molecular flexibility index (Phi) is 12.3. The number of aliphatic imine (C=N–C) groups is 1. The summed E-state index contributed by atoms with van der Waals surface area (Å²) >= 11 is 1.86. The second-order valence-corrected chi connectivity index (χ2v) is 6.97. The SMILES string of the molecule is CN=C(NCCSc1ccccc1)N1CCC(COCCOC)C1.I. The van der Waals surface area contributed by atoms with Gasteiger partial charge in [-0.3, -0.25) is 4.99 Å². The van der Waals surface area contributed by atoms with Crippen molar-refractivity contribution in [3.05, 3.63) is 30.3 Å². The highest BCUT2D eigenvalue weighted by atomic mass is 127. The molecule has 0 amide bonds. The van der Waals surface area contributed by atoms with Crippen LogP contribution in [0.3, 0.4) is 0 Å². The van der Waals surface area contributed by atoms with Crippen LogP contribution in [0.25, 0.3) is 0 Å². The van der Waals surface area contributed by atoms with Gasteiger partial charge in [-0.25, -0.2) is 0 Å². The maximum atomic E-state index is 5.65. The van der Waals surface area contributed by atoms with Gasteiger partial charge in [-0.1, -0.05) is 18.2 Å². The van der Waals surface area contributed by atoms with Crippen LogP contribution in [-0.2, 0) is 9.47 Å². The van der Waals surface area contributed by atoms with Crippen LogP contribution in [-0.4, -0.2) is 70.2 Å². The van der Waals surface area contributed by atoms with E-state index >= 15 is 0 Å². The van der Waals surface area contributed by atoms with Gasteiger partial charge in [0.15, 0.2) is 5.96 Å². The first-order valence-electron chi connectivity index (χ1n) is 8.53. The summed E-state index contributed by atoms with van der Waals surface area (Å²) in [6.45, 7) is 5.12. The Morgan fingerprint density at radius 3 is 2.84 bits per heavy atom. The molecule has 1 aromatic rings. The molecule has 5 nitrogen and oxygen atoms in total. The molecule has 1 N–H and O–H groups in total. The zero-order valence-electron chi connectivity index (χ0n) is 15.1. The molecule has 1 heterocycles. The van der Waals surface area contributed by atoms with E-state index in [4.69, 9.17) is 9.47 Å². The molecule has 142 valence electrons. The molecule has 0 aromatic heterocycles. The van der Waals surface area contributed by atoms with Crippen LogP contribution < -0.4 is 5.32 Å². The lowest BCUT2D eigenvalue weighted by Crippen LogP contribution is -2.41. The zero-order valence-corrected chi connectivity index (χ0v) is 18.3. The molecule has 1 aliphatic rings. The van der Waals surface area contributed by atoms with E-state index in [1.54, 1.807) is 7.11 Å². The lowest BCUT2D eigenvalue weighted by atomic mass is 10.1. The number of hydrogen-bond donors (Lipinski definition) is 1. The van der Waals surface area contributed by atoms with Gasteiger partial charge < -0.3 is 19.7 Å². The molecule has 1 aromatic carbocycles. The zero-order chi connectivity index (χ0) is 17.0. The Morgan fingerprint density at radius 1 is 1.32 bits per heavy atom. The van der Waals surface area contributed by atoms with Crippen molar-refractivity contribution in [2.75, 3.05) is 59.4 Å². The molecule has 0 spiro atoms. The lowest BCUT2D eigenvalue weighted by molar-refractivity contribution is 0.0536. The van der Waals surface area contributed by atoms with Crippen molar-refractivity contribution < 1.29 is 9.47 Å². The van der Waals surface area contributed by atoms with Gasteiger partial charge in [-0.05, 0) is 18.6 Å². The van der Waals surface area contributed by atoms with Crippen LogP contribution in [0.1, 0.15) is 6.42 Å². The molecule has 1 atom stereocenters. The lowest BCUT2D eigenvalue weighted by Gasteiger charge is -2.21. The summed E-state index contributed by atoms with van der Waals surface area (Å²) in [4.78, 5) is 8.06. The van der Waals surface area contributed by atoms with Gasteiger partial charge in [-0.2, -0.15) is 0 Å². The van der Waals surface area contributed by atoms with Crippen molar-refractivity contribution in [2.24, 2.45) is 10.9 Å². The number of likely N-dealkylation sites (tertiary alicyclic amines) is 1. The number of hydrogen-bond acceptors (Lipinski definition) is 4. The fourth-order valence-corrected chi connectivity index (χ4v) is 3.52. The first-order chi connectivity index (χ1) is 11.8. The van der Waals surface area contributed by atoms with Crippen LogP contribution in [0.5, 0.6) is 0 Å². The van der Waals surface area contributed by atoms with E-state index in [0.717, 1.165) is 44.4 Å². The highest BCUT2D eigenvalue weighted by molar-refractivity contribution is 14.0. The van der Waals surface area contributed by atoms with Crippen molar-refractivity contribution in [1.29, 1.82) is 0 Å². The van der Waals surface area contributed by atoms with Gasteiger partial charge in [0.25, 0.3) is 0 Å². The highest BCUT2D eigenvalue weighted by Gasteiger charge is 2.24. The van der Waals surface area contributed by atoms with E-state index < -0.39 is 0 Å². The number of nitrogens with one attached hydrogen (secondary N) is 1. The molecule has 1 unspecified atom stereocenters. The molecular formula is C18H30IN3O2S. The van der Waals surface area contributed by atoms with Crippen LogP contribution in [0.15, 0.2) is 40.2 Å². The number of methoxy groups -OCH3 is 1. The number of guanidine groups is 1. The standard InChI is InChI=1S/C18H29N3O2S.HI/c1-19-18(20-9-13-24-17-6-4-3-5-7-17)21-10-8-16(14-21)15-23-12-11-22-2;/h3-7,16H,8-15H2,1-2H3,(H,19,20);1H. The van der Waals surface area contributed by atoms with E-state index in [1.807, 2.05) is 24.9 Å². The summed E-state index contributed by atoms with van der Waals surface area (Å²) in [5, 5.41) is 3.47. The molecule has 0 radical (unpaired) electrons. The third-order valence-corrected chi connectivity index (χ3v) is 4.99. The second-order valence-electron chi connectivity index (χ2n) is 5.80. The van der Waals surface area contributed by atoms with Gasteiger partial charge >= 0.3 is 0 Å². The Bertz CT molecular complexity index is 490. The summed E-state index contributed by atoms with van der Waals surface area (Å²) < 4.78 is 10.7. The van der Waals surface area contributed by atoms with E-state index in [9.17, 15) is 0 Å². The molecule has 2 rings (SSSR count). The molecule has 0 saturated carbocycles. The highest BCUT2D eigenvalue weighted by Crippen LogP contribution is 2.17. The van der Waals surface area contributed by atoms with Gasteiger partial charge in [0.2, 0.25) is 0 Å². The van der Waals surface area contributed by atoms with Gasteiger partial charge in [0.05, 0.1) is 19.8 Å². The first-order valence-corrected chi connectivity index (χ1v) is 9.52. The molecule has 0 aliphatic carbocycles. The fourth-order valence-electron chi connectivity index (χ4n) is 2.73. The second kappa shape index (κ2) is 13.7. The fraction of sp³-hybridized carbons (Fsp3) is 0.611. The largest absolute Gasteiger partial charge is 0.382 e. The van der Waals surface area contributed by atoms with Crippen LogP contribution >= 0.6 is 35.7 Å². The van der Waals surface area contributed by atoms with Crippen molar-refractivity contribution >= 4 is 41.7 Å². The average Bonchev–Trinajstić information content (AvgIpc) is 3.08. The maximum absolute atomic E-state index is 5.65. The number of halogens is 1. The molecule has 1 fully saturated rings. The van der Waals surface area contributed by atoms with Gasteiger partial charge in [0, 0.05) is 50.4 Å². The number of thioether (sulfide) groups is 1. The smallest absolute Gasteiger partial charge is 0.193 e. The molecule has 25 heavy (non-hydrogen) atoms. The first kappa shape index (κ1) is 22.5. The van der Waals surface area contributed by atoms with Gasteiger partial charge in [-0.15, -0.1) is 35.7 Å². The quantitative estimate of drug-likeness (QED) is 0.194. The van der Waals surface area contributed by atoms with Crippen LogP contribution in [0, 0.1) is 5.92 Å². The maximum Gasteiger partial charge on any atom is 0.193 e. The number of nitrogens with zero attached hydrogens (tertiary/aromatic N) is 2. The average molecular weight is 479 g/mol. The Labute approximate surface area is 173 Å². The van der Waals surface area contributed by atoms with Crippen LogP contribution in [0.2, 0.25) is 0 Å². The van der Waals surface area contributed by atoms with Crippen LogP contribution in [0.4, 0.5) is 0 Å². The number of ether oxygens (including phenoxy) is 2. The van der Waals surface area contributed by atoms with E-state index in [-0.39, 0.29) is 24.0 Å². The molecule has 7 heteroatoms. The Morgan fingerprint density at radius 2 is 2.12 bits per heavy atom. The third kappa shape index (κ3) is 8.61. The van der Waals surface area contributed by atoms with E-state index in [2.05, 4.69) is 39.5 Å². The summed E-state index contributed by atoms with van der Waals surface area (Å²) in [7, 11) is 3.56. The van der Waals surface area contributed by atoms with Crippen molar-refractivity contribution in [3.8, 4) is 0 Å². The topological polar surface area (TPSA) is 46.1 Å². The predicted octanol–water partition coefficient (Wildman–Crippen LogP) is 2.96. The monoisotopic (exact) mass is 479 g/mol. The third-order valence-electron chi connectivity index (χ3n) is 3.98. The Hall–Kier alpha value is -0.510. The molecular weight excluding hydrogens is 449 g/mol. The molecule has 1 aliphatic heterocycles. The van der Waals surface area contributed by atoms with Gasteiger partial charge in [0.1, 0.15) is 0 Å².